The van der Waals surface area contributed by atoms with E-state index in [0.717, 1.165) is 12.8 Å². The highest BCUT2D eigenvalue weighted by Crippen LogP contribution is 2.33. The van der Waals surface area contributed by atoms with Crippen LogP contribution < -0.4 is 9.47 Å². The average Bonchev–Trinajstić information content (AvgIpc) is 3.28. The largest absolute Gasteiger partial charge is 0.496 e. The molecule has 1 aromatic carbocycles. The molecule has 0 spiro atoms. The maximum atomic E-state index is 12.7. The molecule has 2 rings (SSSR count). The number of amides is 1. The highest BCUT2D eigenvalue weighted by Gasteiger charge is 2.31. The minimum Gasteiger partial charge on any atom is -0.496 e. The Morgan fingerprint density at radius 1 is 1.24 bits per heavy atom. The van der Waals surface area contributed by atoms with Gasteiger partial charge in [-0.05, 0) is 30.9 Å². The number of hydrogen-bond donors (Lipinski definition) is 1. The second-order valence-corrected chi connectivity index (χ2v) is 5.06. The van der Waals surface area contributed by atoms with Crippen LogP contribution in [0.25, 0.3) is 0 Å². The van der Waals surface area contributed by atoms with Gasteiger partial charge in [0.15, 0.2) is 0 Å². The summed E-state index contributed by atoms with van der Waals surface area (Å²) < 4.78 is 10.4. The zero-order chi connectivity index (χ0) is 15.4. The van der Waals surface area contributed by atoms with Gasteiger partial charge in [0.05, 0.1) is 14.2 Å². The van der Waals surface area contributed by atoms with E-state index in [-0.39, 0.29) is 18.0 Å². The zero-order valence-electron chi connectivity index (χ0n) is 12.2. The van der Waals surface area contributed by atoms with Gasteiger partial charge in [-0.2, -0.15) is 0 Å². The minimum atomic E-state index is -1.03. The number of benzene rings is 1. The summed E-state index contributed by atoms with van der Waals surface area (Å²) in [6.07, 6.45) is 2.07. The number of aliphatic carboxylic acids is 1. The summed E-state index contributed by atoms with van der Waals surface area (Å²) in [5, 5.41) is 9.01. The molecule has 1 aliphatic carbocycles. The average molecular weight is 293 g/mol. The predicted octanol–water partition coefficient (Wildman–Crippen LogP) is 1.64. The number of rotatable bonds is 7. The normalized spacial score (nSPS) is 13.6. The highest BCUT2D eigenvalue weighted by molar-refractivity contribution is 6.00. The molecule has 1 amide bonds. The smallest absolute Gasteiger partial charge is 0.323 e. The summed E-state index contributed by atoms with van der Waals surface area (Å²) >= 11 is 0. The van der Waals surface area contributed by atoms with Gasteiger partial charge in [0.25, 0.3) is 5.91 Å². The summed E-state index contributed by atoms with van der Waals surface area (Å²) in [6, 6.07) is 5.04. The second kappa shape index (κ2) is 6.47. The Hall–Kier alpha value is -2.24. The molecular weight excluding hydrogens is 274 g/mol. The van der Waals surface area contributed by atoms with Crippen LogP contribution >= 0.6 is 0 Å². The number of carboxylic acids is 1. The fourth-order valence-corrected chi connectivity index (χ4v) is 2.21. The summed E-state index contributed by atoms with van der Waals surface area (Å²) in [5.41, 5.74) is 0.268. The first-order valence-corrected chi connectivity index (χ1v) is 6.78. The molecule has 0 unspecified atom stereocenters. The van der Waals surface area contributed by atoms with Crippen molar-refractivity contribution in [1.29, 1.82) is 0 Å². The third kappa shape index (κ3) is 3.65. The van der Waals surface area contributed by atoms with Crippen LogP contribution in [-0.2, 0) is 4.79 Å². The maximum Gasteiger partial charge on any atom is 0.323 e. The van der Waals surface area contributed by atoms with Crippen molar-refractivity contribution in [3.8, 4) is 11.5 Å². The van der Waals surface area contributed by atoms with E-state index in [4.69, 9.17) is 14.6 Å². The van der Waals surface area contributed by atoms with E-state index in [1.165, 1.54) is 19.1 Å². The first-order valence-electron chi connectivity index (χ1n) is 6.78. The lowest BCUT2D eigenvalue weighted by Crippen LogP contribution is -2.37. The number of carbonyl (C=O) groups excluding carboxylic acids is 1. The number of carbonyl (C=O) groups is 2. The van der Waals surface area contributed by atoms with Gasteiger partial charge in [0, 0.05) is 6.54 Å². The van der Waals surface area contributed by atoms with Gasteiger partial charge in [-0.15, -0.1) is 0 Å². The molecule has 0 aromatic heterocycles. The highest BCUT2D eigenvalue weighted by atomic mass is 16.5. The molecule has 1 aliphatic rings. The SMILES string of the molecule is COc1cccc(OC)c1C(=O)N(CC(=O)O)CC1CC1. The summed E-state index contributed by atoms with van der Waals surface area (Å²) in [4.78, 5) is 25.1. The van der Waals surface area contributed by atoms with Crippen LogP contribution in [0.1, 0.15) is 23.2 Å². The monoisotopic (exact) mass is 293 g/mol. The van der Waals surface area contributed by atoms with E-state index in [1.54, 1.807) is 18.2 Å². The third-order valence-corrected chi connectivity index (χ3v) is 3.43. The summed E-state index contributed by atoms with van der Waals surface area (Å²) in [7, 11) is 2.93. The van der Waals surface area contributed by atoms with Gasteiger partial charge >= 0.3 is 5.97 Å². The van der Waals surface area contributed by atoms with Crippen LogP contribution in [-0.4, -0.2) is 49.2 Å². The van der Waals surface area contributed by atoms with Crippen LogP contribution in [0.2, 0.25) is 0 Å². The van der Waals surface area contributed by atoms with E-state index >= 15 is 0 Å². The fourth-order valence-electron chi connectivity index (χ4n) is 2.21. The van der Waals surface area contributed by atoms with E-state index in [2.05, 4.69) is 0 Å². The zero-order valence-corrected chi connectivity index (χ0v) is 12.2. The first kappa shape index (κ1) is 15.2. The van der Waals surface area contributed by atoms with Gasteiger partial charge < -0.3 is 19.5 Å². The summed E-state index contributed by atoms with van der Waals surface area (Å²) in [6.45, 7) is 0.128. The standard InChI is InChI=1S/C15H19NO5/c1-20-11-4-3-5-12(21-2)14(11)15(19)16(9-13(17)18)8-10-6-7-10/h3-5,10H,6-9H2,1-2H3,(H,17,18). The molecule has 0 saturated heterocycles. The van der Waals surface area contributed by atoms with Crippen LogP contribution in [0, 0.1) is 5.92 Å². The molecule has 6 heteroatoms. The van der Waals surface area contributed by atoms with Crippen molar-refractivity contribution >= 4 is 11.9 Å². The Morgan fingerprint density at radius 3 is 2.24 bits per heavy atom. The molecule has 0 bridgehead atoms. The van der Waals surface area contributed by atoms with Gasteiger partial charge in [-0.3, -0.25) is 9.59 Å². The van der Waals surface area contributed by atoms with Crippen molar-refractivity contribution in [2.24, 2.45) is 5.92 Å². The van der Waals surface area contributed by atoms with Crippen molar-refractivity contribution in [2.45, 2.75) is 12.8 Å². The first-order chi connectivity index (χ1) is 10.1. The van der Waals surface area contributed by atoms with Crippen molar-refractivity contribution in [1.82, 2.24) is 4.90 Å². The molecule has 1 N–H and O–H groups in total. The molecule has 114 valence electrons. The van der Waals surface area contributed by atoms with Gasteiger partial charge in [-0.25, -0.2) is 0 Å². The van der Waals surface area contributed by atoms with Crippen LogP contribution in [0.15, 0.2) is 18.2 Å². The number of nitrogens with zero attached hydrogens (tertiary/aromatic N) is 1. The van der Waals surface area contributed by atoms with Crippen LogP contribution in [0.3, 0.4) is 0 Å². The predicted molar refractivity (Wildman–Crippen MR) is 75.8 cm³/mol. The lowest BCUT2D eigenvalue weighted by atomic mass is 10.1. The number of methoxy groups -OCH3 is 2. The van der Waals surface area contributed by atoms with E-state index in [9.17, 15) is 9.59 Å². The lowest BCUT2D eigenvalue weighted by molar-refractivity contribution is -0.137. The third-order valence-electron chi connectivity index (χ3n) is 3.43. The topological polar surface area (TPSA) is 76.1 Å². The molecule has 0 radical (unpaired) electrons. The van der Waals surface area contributed by atoms with E-state index in [1.807, 2.05) is 0 Å². The van der Waals surface area contributed by atoms with Gasteiger partial charge in [-0.1, -0.05) is 6.07 Å². The van der Waals surface area contributed by atoms with Crippen molar-refractivity contribution in [3.05, 3.63) is 23.8 Å². The number of hydrogen-bond acceptors (Lipinski definition) is 4. The Kier molecular flexibility index (Phi) is 4.67. The molecule has 0 aliphatic heterocycles. The fraction of sp³-hybridized carbons (Fsp3) is 0.467. The molecule has 1 aromatic rings. The molecule has 1 fully saturated rings. The van der Waals surface area contributed by atoms with Gasteiger partial charge in [0.2, 0.25) is 0 Å². The van der Waals surface area contributed by atoms with Crippen molar-refractivity contribution in [3.63, 3.8) is 0 Å². The Labute approximate surface area is 123 Å². The lowest BCUT2D eigenvalue weighted by Gasteiger charge is -2.22. The molecule has 21 heavy (non-hydrogen) atoms. The van der Waals surface area contributed by atoms with E-state index < -0.39 is 5.97 Å². The minimum absolute atomic E-state index is 0.268. The molecule has 6 nitrogen and oxygen atoms in total. The quantitative estimate of drug-likeness (QED) is 0.827. The Bertz CT molecular complexity index is 517. The molecule has 0 atom stereocenters. The van der Waals surface area contributed by atoms with E-state index in [0.29, 0.717) is 24.0 Å². The Morgan fingerprint density at radius 2 is 1.81 bits per heavy atom. The Balaban J connectivity index is 2.32. The number of carboxylic acid groups (broad SMARTS) is 1. The second-order valence-electron chi connectivity index (χ2n) is 5.06. The van der Waals surface area contributed by atoms with Crippen molar-refractivity contribution < 1.29 is 24.2 Å². The molecule has 0 heterocycles. The molecular formula is C15H19NO5. The maximum absolute atomic E-state index is 12.7. The van der Waals surface area contributed by atoms with Gasteiger partial charge in [0.1, 0.15) is 23.6 Å². The summed E-state index contributed by atoms with van der Waals surface area (Å²) in [5.74, 6) is -0.249. The van der Waals surface area contributed by atoms with Crippen molar-refractivity contribution in [2.75, 3.05) is 27.3 Å². The van der Waals surface area contributed by atoms with Crippen LogP contribution in [0.4, 0.5) is 0 Å². The van der Waals surface area contributed by atoms with Crippen LogP contribution in [0.5, 0.6) is 11.5 Å². The number of ether oxygens (including phenoxy) is 2. The molecule has 1 saturated carbocycles.